The molecule has 0 spiro atoms. The summed E-state index contributed by atoms with van der Waals surface area (Å²) in [5.41, 5.74) is 1.18. The Labute approximate surface area is 156 Å². The molecule has 5 heterocycles. The largest absolute Gasteiger partial charge is 0.422 e. The SMILES string of the molecule is Cc1cc(C(F)(F)F)c2c(N3CCCC3)cc3nc(-c4nnco4)cn3c2n1. The zero-order valence-electron chi connectivity index (χ0n) is 14.9. The van der Waals surface area contributed by atoms with Gasteiger partial charge in [-0.05, 0) is 25.8 Å². The summed E-state index contributed by atoms with van der Waals surface area (Å²) >= 11 is 0. The molecule has 0 unspecified atom stereocenters. The van der Waals surface area contributed by atoms with Crippen LogP contribution in [0.4, 0.5) is 18.9 Å². The van der Waals surface area contributed by atoms with Gasteiger partial charge in [-0.25, -0.2) is 9.97 Å². The van der Waals surface area contributed by atoms with E-state index >= 15 is 0 Å². The predicted octanol–water partition coefficient (Wildman–Crippen LogP) is 3.86. The number of fused-ring (bicyclic) bond motifs is 3. The highest BCUT2D eigenvalue weighted by Crippen LogP contribution is 2.41. The Hall–Kier alpha value is -3.17. The minimum absolute atomic E-state index is 0.0852. The second kappa shape index (κ2) is 5.91. The Morgan fingerprint density at radius 1 is 1.11 bits per heavy atom. The summed E-state index contributed by atoms with van der Waals surface area (Å²) in [5, 5.41) is 7.55. The van der Waals surface area contributed by atoms with Gasteiger partial charge >= 0.3 is 6.18 Å². The van der Waals surface area contributed by atoms with Crippen LogP contribution in [0.25, 0.3) is 28.3 Å². The van der Waals surface area contributed by atoms with Crippen LogP contribution in [-0.2, 0) is 6.18 Å². The van der Waals surface area contributed by atoms with E-state index in [1.807, 2.05) is 4.90 Å². The molecule has 0 aromatic carbocycles. The van der Waals surface area contributed by atoms with Crippen LogP contribution >= 0.6 is 0 Å². The number of nitrogens with zero attached hydrogens (tertiary/aromatic N) is 6. The molecule has 0 aliphatic carbocycles. The summed E-state index contributed by atoms with van der Waals surface area (Å²) in [4.78, 5) is 10.9. The number of anilines is 1. The first-order valence-electron chi connectivity index (χ1n) is 8.84. The molecular formula is C18H15F3N6O. The quantitative estimate of drug-likeness (QED) is 0.519. The van der Waals surface area contributed by atoms with Crippen molar-refractivity contribution >= 4 is 22.4 Å². The van der Waals surface area contributed by atoms with Gasteiger partial charge < -0.3 is 9.32 Å². The Morgan fingerprint density at radius 2 is 1.89 bits per heavy atom. The molecule has 144 valence electrons. The highest BCUT2D eigenvalue weighted by Gasteiger charge is 2.36. The molecule has 0 N–H and O–H groups in total. The predicted molar refractivity (Wildman–Crippen MR) is 95.0 cm³/mol. The summed E-state index contributed by atoms with van der Waals surface area (Å²) in [6.45, 7) is 2.96. The van der Waals surface area contributed by atoms with Gasteiger partial charge in [0.15, 0.2) is 0 Å². The number of rotatable bonds is 2. The Kier molecular flexibility index (Phi) is 3.58. The smallest absolute Gasteiger partial charge is 0.417 e. The lowest BCUT2D eigenvalue weighted by Gasteiger charge is -2.23. The summed E-state index contributed by atoms with van der Waals surface area (Å²) < 4.78 is 48.4. The second-order valence-corrected chi connectivity index (χ2v) is 6.83. The third-order valence-corrected chi connectivity index (χ3v) is 4.94. The maximum atomic E-state index is 13.9. The number of aryl methyl sites for hydroxylation is 1. The maximum absolute atomic E-state index is 13.9. The van der Waals surface area contributed by atoms with E-state index in [0.29, 0.717) is 30.1 Å². The number of alkyl halides is 3. The van der Waals surface area contributed by atoms with Crippen molar-refractivity contribution in [3.05, 3.63) is 36.0 Å². The van der Waals surface area contributed by atoms with Gasteiger partial charge in [0.05, 0.1) is 16.6 Å². The molecule has 7 nitrogen and oxygen atoms in total. The topological polar surface area (TPSA) is 72.4 Å². The average Bonchev–Trinajstić information content (AvgIpc) is 3.38. The van der Waals surface area contributed by atoms with Crippen molar-refractivity contribution in [1.29, 1.82) is 0 Å². The molecule has 4 aromatic heterocycles. The highest BCUT2D eigenvalue weighted by molar-refractivity contribution is 5.96. The van der Waals surface area contributed by atoms with Crippen LogP contribution in [0.5, 0.6) is 0 Å². The first-order chi connectivity index (χ1) is 13.4. The monoisotopic (exact) mass is 388 g/mol. The maximum Gasteiger partial charge on any atom is 0.417 e. The lowest BCUT2D eigenvalue weighted by Crippen LogP contribution is -2.20. The van der Waals surface area contributed by atoms with Gasteiger partial charge in [-0.3, -0.25) is 4.40 Å². The molecule has 0 bridgehead atoms. The van der Waals surface area contributed by atoms with E-state index < -0.39 is 11.7 Å². The van der Waals surface area contributed by atoms with Crippen molar-refractivity contribution in [2.75, 3.05) is 18.0 Å². The first-order valence-corrected chi connectivity index (χ1v) is 8.84. The van der Waals surface area contributed by atoms with Crippen LogP contribution in [0.15, 0.2) is 29.1 Å². The summed E-state index contributed by atoms with van der Waals surface area (Å²) in [7, 11) is 0. The second-order valence-electron chi connectivity index (χ2n) is 6.83. The van der Waals surface area contributed by atoms with Gasteiger partial charge in [-0.15, -0.1) is 10.2 Å². The summed E-state index contributed by atoms with van der Waals surface area (Å²) in [6.07, 6.45) is 0.136. The molecule has 5 rings (SSSR count). The molecule has 0 atom stereocenters. The zero-order chi connectivity index (χ0) is 19.5. The molecule has 28 heavy (non-hydrogen) atoms. The highest BCUT2D eigenvalue weighted by atomic mass is 19.4. The molecule has 0 radical (unpaired) electrons. The molecule has 0 amide bonds. The average molecular weight is 388 g/mol. The minimum Gasteiger partial charge on any atom is -0.422 e. The van der Waals surface area contributed by atoms with Crippen LogP contribution in [0.1, 0.15) is 24.1 Å². The lowest BCUT2D eigenvalue weighted by atomic mass is 10.1. The standard InChI is InChI=1S/C18H15F3N6O/c1-10-6-11(18(19,20)21)15-13(26-4-2-3-5-26)7-14-24-12(17-25-22-9-28-17)8-27(14)16(15)23-10/h6-9H,2-5H2,1H3. The van der Waals surface area contributed by atoms with E-state index in [0.717, 1.165) is 18.9 Å². The molecular weight excluding hydrogens is 373 g/mol. The van der Waals surface area contributed by atoms with Crippen molar-refractivity contribution in [3.8, 4) is 11.6 Å². The van der Waals surface area contributed by atoms with Crippen molar-refractivity contribution in [3.63, 3.8) is 0 Å². The van der Waals surface area contributed by atoms with Crippen LogP contribution in [0, 0.1) is 6.92 Å². The van der Waals surface area contributed by atoms with Gasteiger partial charge in [-0.2, -0.15) is 13.2 Å². The van der Waals surface area contributed by atoms with Crippen LogP contribution < -0.4 is 4.90 Å². The Bertz CT molecular complexity index is 1180. The number of pyridine rings is 2. The minimum atomic E-state index is -4.50. The van der Waals surface area contributed by atoms with Gasteiger partial charge in [-0.1, -0.05) is 0 Å². The number of imidazole rings is 1. The van der Waals surface area contributed by atoms with Crippen molar-refractivity contribution in [1.82, 2.24) is 24.6 Å². The molecule has 1 aliphatic rings. The number of aromatic nitrogens is 5. The molecule has 10 heteroatoms. The molecule has 1 aliphatic heterocycles. The normalized spacial score (nSPS) is 15.2. The van der Waals surface area contributed by atoms with E-state index in [1.165, 1.54) is 6.39 Å². The fourth-order valence-corrected chi connectivity index (χ4v) is 3.76. The fourth-order valence-electron chi connectivity index (χ4n) is 3.76. The fraction of sp³-hybridized carbons (Fsp3) is 0.333. The summed E-state index contributed by atoms with van der Waals surface area (Å²) in [6, 6.07) is 2.78. The van der Waals surface area contributed by atoms with Crippen LogP contribution in [0.2, 0.25) is 0 Å². The molecule has 1 saturated heterocycles. The molecule has 4 aromatic rings. The van der Waals surface area contributed by atoms with Crippen molar-refractivity contribution in [2.24, 2.45) is 0 Å². The molecule has 1 fully saturated rings. The van der Waals surface area contributed by atoms with Gasteiger partial charge in [0.25, 0.3) is 5.89 Å². The van der Waals surface area contributed by atoms with E-state index in [-0.39, 0.29) is 22.6 Å². The van der Waals surface area contributed by atoms with E-state index in [1.54, 1.807) is 23.6 Å². The van der Waals surface area contributed by atoms with E-state index in [2.05, 4.69) is 20.2 Å². The summed E-state index contributed by atoms with van der Waals surface area (Å²) in [5.74, 6) is 0.197. The van der Waals surface area contributed by atoms with Crippen LogP contribution in [-0.4, -0.2) is 37.7 Å². The number of hydrogen-bond acceptors (Lipinski definition) is 6. The molecule has 0 saturated carbocycles. The first kappa shape index (κ1) is 17.0. The van der Waals surface area contributed by atoms with Gasteiger partial charge in [0.1, 0.15) is 17.0 Å². The lowest BCUT2D eigenvalue weighted by molar-refractivity contribution is -0.136. The van der Waals surface area contributed by atoms with Crippen LogP contribution in [0.3, 0.4) is 0 Å². The number of halogens is 3. The zero-order valence-corrected chi connectivity index (χ0v) is 14.9. The Balaban J connectivity index is 1.89. The van der Waals surface area contributed by atoms with Gasteiger partial charge in [0.2, 0.25) is 6.39 Å². The van der Waals surface area contributed by atoms with Gasteiger partial charge in [0, 0.05) is 31.0 Å². The van der Waals surface area contributed by atoms with Crippen molar-refractivity contribution in [2.45, 2.75) is 25.9 Å². The third kappa shape index (κ3) is 2.59. The van der Waals surface area contributed by atoms with E-state index in [9.17, 15) is 13.2 Å². The van der Waals surface area contributed by atoms with E-state index in [4.69, 9.17) is 4.42 Å². The van der Waals surface area contributed by atoms with Crippen molar-refractivity contribution < 1.29 is 17.6 Å². The third-order valence-electron chi connectivity index (χ3n) is 4.94. The number of hydrogen-bond donors (Lipinski definition) is 0. The Morgan fingerprint density at radius 3 is 2.57 bits per heavy atom.